The average Bonchev–Trinajstić information content (AvgIpc) is 3.15. The summed E-state index contributed by atoms with van der Waals surface area (Å²) < 4.78 is 1.97. The Hall–Kier alpha value is -2.40. The molecule has 154 valence electrons. The molecule has 2 aromatic rings. The largest absolute Gasteiger partial charge is 0.338 e. The predicted octanol–water partition coefficient (Wildman–Crippen LogP) is 3.52. The van der Waals surface area contributed by atoms with Crippen LogP contribution in [0.15, 0.2) is 54.9 Å². The number of rotatable bonds is 6. The minimum absolute atomic E-state index is 0.275. The molecular weight excluding hydrogens is 360 g/mol. The summed E-state index contributed by atoms with van der Waals surface area (Å²) in [6.45, 7) is 7.30. The van der Waals surface area contributed by atoms with Crippen LogP contribution in [0.1, 0.15) is 37.3 Å². The number of hydrogen-bond acceptors (Lipinski definition) is 3. The topological polar surface area (TPSA) is 41.4 Å². The van der Waals surface area contributed by atoms with E-state index in [4.69, 9.17) is 0 Å². The van der Waals surface area contributed by atoms with Gasteiger partial charge in [-0.15, -0.1) is 0 Å². The molecule has 5 nitrogen and oxygen atoms in total. The molecule has 0 N–H and O–H groups in total. The van der Waals surface area contributed by atoms with Crippen molar-refractivity contribution in [2.45, 2.75) is 45.7 Å². The zero-order chi connectivity index (χ0) is 20.1. The van der Waals surface area contributed by atoms with Crippen LogP contribution in [0.2, 0.25) is 0 Å². The molecule has 29 heavy (non-hydrogen) atoms. The van der Waals surface area contributed by atoms with Gasteiger partial charge in [0.1, 0.15) is 0 Å². The van der Waals surface area contributed by atoms with Crippen LogP contribution in [-0.2, 0) is 24.3 Å². The monoisotopic (exact) mass is 392 g/mol. The summed E-state index contributed by atoms with van der Waals surface area (Å²) in [7, 11) is 0. The first-order valence-electron chi connectivity index (χ1n) is 10.9. The van der Waals surface area contributed by atoms with E-state index in [9.17, 15) is 4.79 Å². The number of benzene rings is 1. The van der Waals surface area contributed by atoms with E-state index in [1.54, 1.807) is 0 Å². The predicted molar refractivity (Wildman–Crippen MR) is 115 cm³/mol. The molecule has 0 bridgehead atoms. The van der Waals surface area contributed by atoms with Gasteiger partial charge in [-0.05, 0) is 44.7 Å². The molecule has 1 atom stereocenters. The van der Waals surface area contributed by atoms with E-state index in [1.165, 1.54) is 11.1 Å². The van der Waals surface area contributed by atoms with Gasteiger partial charge in [0, 0.05) is 44.5 Å². The molecule has 1 amide bonds. The third-order valence-electron chi connectivity index (χ3n) is 6.33. The summed E-state index contributed by atoms with van der Waals surface area (Å²) in [5, 5.41) is 4.40. The lowest BCUT2D eigenvalue weighted by molar-refractivity contribution is -0.144. The molecule has 3 heterocycles. The van der Waals surface area contributed by atoms with Crippen LogP contribution in [0, 0.1) is 5.41 Å². The van der Waals surface area contributed by atoms with Crippen LogP contribution in [0.5, 0.6) is 0 Å². The molecule has 0 saturated carbocycles. The first-order valence-corrected chi connectivity index (χ1v) is 10.9. The fourth-order valence-corrected chi connectivity index (χ4v) is 4.74. The van der Waals surface area contributed by atoms with E-state index in [1.807, 2.05) is 16.9 Å². The molecule has 4 rings (SSSR count). The maximum Gasteiger partial charge on any atom is 0.230 e. The van der Waals surface area contributed by atoms with Crippen molar-refractivity contribution in [1.29, 1.82) is 0 Å². The van der Waals surface area contributed by atoms with Gasteiger partial charge in [0.25, 0.3) is 0 Å². The smallest absolute Gasteiger partial charge is 0.230 e. The average molecular weight is 393 g/mol. The van der Waals surface area contributed by atoms with Crippen LogP contribution < -0.4 is 0 Å². The van der Waals surface area contributed by atoms with E-state index in [0.717, 1.165) is 65.0 Å². The summed E-state index contributed by atoms with van der Waals surface area (Å²) in [6.07, 6.45) is 12.3. The van der Waals surface area contributed by atoms with Gasteiger partial charge in [-0.3, -0.25) is 14.4 Å². The molecule has 0 aliphatic carbocycles. The van der Waals surface area contributed by atoms with Crippen LogP contribution >= 0.6 is 0 Å². The zero-order valence-electron chi connectivity index (χ0n) is 17.5. The third-order valence-corrected chi connectivity index (χ3v) is 6.33. The first kappa shape index (κ1) is 19.9. The van der Waals surface area contributed by atoms with Gasteiger partial charge in [0.15, 0.2) is 0 Å². The van der Waals surface area contributed by atoms with Gasteiger partial charge < -0.3 is 4.90 Å². The number of amides is 1. The Labute approximate surface area is 174 Å². The third kappa shape index (κ3) is 4.61. The molecule has 2 aliphatic rings. The van der Waals surface area contributed by atoms with Crippen molar-refractivity contribution >= 4 is 5.91 Å². The Balaban J connectivity index is 1.44. The number of allylic oxidation sites excluding steroid dienone is 1. The number of aryl methyl sites for hydroxylation is 1. The highest BCUT2D eigenvalue weighted by molar-refractivity contribution is 5.84. The standard InChI is InChI=1S/C24H32N4O/c1-2-28-19-22(17-25-28)18-26-14-8-13-24(20-26)12-6-7-15-27(23(24)29)16-11-21-9-4-3-5-10-21/h3-7,9-10,17,19H,2,8,11-16,18,20H2,1H3. The highest BCUT2D eigenvalue weighted by atomic mass is 16.2. The maximum atomic E-state index is 13.6. The van der Waals surface area contributed by atoms with Crippen molar-refractivity contribution in [1.82, 2.24) is 19.6 Å². The molecule has 1 fully saturated rings. The van der Waals surface area contributed by atoms with Gasteiger partial charge in [-0.1, -0.05) is 42.5 Å². The van der Waals surface area contributed by atoms with Crippen LogP contribution in [0.3, 0.4) is 0 Å². The quantitative estimate of drug-likeness (QED) is 0.707. The molecule has 1 saturated heterocycles. The fraction of sp³-hybridized carbons (Fsp3) is 0.500. The van der Waals surface area contributed by atoms with Gasteiger partial charge in [-0.25, -0.2) is 0 Å². The Morgan fingerprint density at radius 1 is 1.14 bits per heavy atom. The molecule has 0 radical (unpaired) electrons. The van der Waals surface area contributed by atoms with E-state index in [-0.39, 0.29) is 5.41 Å². The first-order chi connectivity index (χ1) is 14.2. The molecule has 5 heteroatoms. The lowest BCUT2D eigenvalue weighted by Gasteiger charge is -2.43. The second kappa shape index (κ2) is 8.95. The second-order valence-electron chi connectivity index (χ2n) is 8.46. The highest BCUT2D eigenvalue weighted by Crippen LogP contribution is 2.38. The van der Waals surface area contributed by atoms with E-state index < -0.39 is 0 Å². The van der Waals surface area contributed by atoms with E-state index >= 15 is 0 Å². The van der Waals surface area contributed by atoms with E-state index in [0.29, 0.717) is 5.91 Å². The number of carbonyl (C=O) groups is 1. The molecule has 2 aliphatic heterocycles. The number of aromatic nitrogens is 2. The summed E-state index contributed by atoms with van der Waals surface area (Å²) in [5.41, 5.74) is 2.25. The van der Waals surface area contributed by atoms with Gasteiger partial charge in [-0.2, -0.15) is 5.10 Å². The minimum Gasteiger partial charge on any atom is -0.338 e. The fourth-order valence-electron chi connectivity index (χ4n) is 4.74. The Morgan fingerprint density at radius 2 is 2.00 bits per heavy atom. The molecular formula is C24H32N4O. The lowest BCUT2D eigenvalue weighted by atomic mass is 9.76. The number of nitrogens with zero attached hydrogens (tertiary/aromatic N) is 4. The second-order valence-corrected chi connectivity index (χ2v) is 8.46. The number of carbonyl (C=O) groups excluding carboxylic acids is 1. The normalized spacial score (nSPS) is 22.9. The van der Waals surface area contributed by atoms with Crippen molar-refractivity contribution in [3.63, 3.8) is 0 Å². The maximum absolute atomic E-state index is 13.6. The lowest BCUT2D eigenvalue weighted by Crippen LogP contribution is -2.52. The molecule has 1 spiro atoms. The van der Waals surface area contributed by atoms with Crippen molar-refractivity contribution < 1.29 is 4.79 Å². The number of piperidine rings is 1. The summed E-state index contributed by atoms with van der Waals surface area (Å²) >= 11 is 0. The highest BCUT2D eigenvalue weighted by Gasteiger charge is 2.44. The van der Waals surface area contributed by atoms with Crippen molar-refractivity contribution in [3.8, 4) is 0 Å². The van der Waals surface area contributed by atoms with Gasteiger partial charge >= 0.3 is 0 Å². The minimum atomic E-state index is -0.275. The van der Waals surface area contributed by atoms with E-state index in [2.05, 4.69) is 64.4 Å². The van der Waals surface area contributed by atoms with Crippen molar-refractivity contribution in [2.24, 2.45) is 5.41 Å². The van der Waals surface area contributed by atoms with Gasteiger partial charge in [0.2, 0.25) is 5.91 Å². The number of hydrogen-bond donors (Lipinski definition) is 0. The van der Waals surface area contributed by atoms with Crippen molar-refractivity contribution in [3.05, 3.63) is 66.0 Å². The summed E-state index contributed by atoms with van der Waals surface area (Å²) in [6, 6.07) is 10.5. The Kier molecular flexibility index (Phi) is 6.14. The molecule has 1 aromatic heterocycles. The summed E-state index contributed by atoms with van der Waals surface area (Å²) in [4.78, 5) is 18.2. The van der Waals surface area contributed by atoms with Gasteiger partial charge in [0.05, 0.1) is 11.6 Å². The Bertz CT molecular complexity index is 844. The Morgan fingerprint density at radius 3 is 2.79 bits per heavy atom. The van der Waals surface area contributed by atoms with Crippen molar-refractivity contribution in [2.75, 3.05) is 26.2 Å². The SMILES string of the molecule is CCn1cc(CN2CCCC3(CC=CCN(CCc4ccccc4)C3=O)C2)cn1. The summed E-state index contributed by atoms with van der Waals surface area (Å²) in [5.74, 6) is 0.340. The van der Waals surface area contributed by atoms with Crippen LogP contribution in [-0.4, -0.2) is 51.7 Å². The van der Waals surface area contributed by atoms with Crippen LogP contribution in [0.4, 0.5) is 0 Å². The van der Waals surface area contributed by atoms with Crippen LogP contribution in [0.25, 0.3) is 0 Å². The zero-order valence-corrected chi connectivity index (χ0v) is 17.5. The molecule has 1 unspecified atom stereocenters. The number of likely N-dealkylation sites (tertiary alicyclic amines) is 1. The molecule has 1 aromatic carbocycles.